The molecular formula is C18H29N5O3. The first-order chi connectivity index (χ1) is 12.4. The van der Waals surface area contributed by atoms with Gasteiger partial charge in [0.1, 0.15) is 5.52 Å². The van der Waals surface area contributed by atoms with Crippen LogP contribution in [0.1, 0.15) is 52.9 Å². The van der Waals surface area contributed by atoms with E-state index in [9.17, 15) is 4.79 Å². The lowest BCUT2D eigenvalue weighted by Gasteiger charge is -2.35. The normalized spacial score (nSPS) is 19.7. The molecule has 0 aromatic carbocycles. The van der Waals surface area contributed by atoms with E-state index in [1.807, 2.05) is 0 Å². The standard InChI is InChI=1S/C18H29N5O3/c1-4-5-9-25-16-21-14(19)13-15(22-16)23(17(24)20-13)8-6-12-7-10-26-18(2,3)11-12/h12H,4-11H2,1-3H3,(H,20,24)(H2,19,21,22). The topological polar surface area (TPSA) is 108 Å². The molecule has 1 aliphatic heterocycles. The van der Waals surface area contributed by atoms with Gasteiger partial charge in [0.15, 0.2) is 11.5 Å². The third-order valence-corrected chi connectivity index (χ3v) is 4.92. The lowest BCUT2D eigenvalue weighted by molar-refractivity contribution is -0.0740. The first-order valence-electron chi connectivity index (χ1n) is 9.42. The van der Waals surface area contributed by atoms with Crippen molar-refractivity contribution in [2.24, 2.45) is 5.92 Å². The molecule has 3 heterocycles. The average Bonchev–Trinajstić information content (AvgIpc) is 2.89. The van der Waals surface area contributed by atoms with E-state index in [4.69, 9.17) is 15.2 Å². The van der Waals surface area contributed by atoms with Gasteiger partial charge in [-0.2, -0.15) is 9.97 Å². The highest BCUT2D eigenvalue weighted by molar-refractivity contribution is 5.81. The minimum absolute atomic E-state index is 0.0963. The number of fused-ring (bicyclic) bond motifs is 1. The molecule has 0 saturated carbocycles. The lowest BCUT2D eigenvalue weighted by atomic mass is 9.86. The first-order valence-corrected chi connectivity index (χ1v) is 9.42. The van der Waals surface area contributed by atoms with Crippen LogP contribution in [0.15, 0.2) is 4.79 Å². The van der Waals surface area contributed by atoms with Crippen molar-refractivity contribution in [3.8, 4) is 6.01 Å². The number of ether oxygens (including phenoxy) is 2. The third kappa shape index (κ3) is 4.17. The second-order valence-corrected chi connectivity index (χ2v) is 7.63. The number of aromatic amines is 1. The van der Waals surface area contributed by atoms with Crippen molar-refractivity contribution in [1.29, 1.82) is 0 Å². The van der Waals surface area contributed by atoms with Gasteiger partial charge < -0.3 is 20.2 Å². The summed E-state index contributed by atoms with van der Waals surface area (Å²) in [7, 11) is 0. The summed E-state index contributed by atoms with van der Waals surface area (Å²) < 4.78 is 13.0. The van der Waals surface area contributed by atoms with Gasteiger partial charge in [0.2, 0.25) is 0 Å². The molecule has 0 aliphatic carbocycles. The number of nitrogen functional groups attached to an aromatic ring is 1. The maximum atomic E-state index is 12.4. The number of H-pyrrole nitrogens is 1. The Hall–Kier alpha value is -2.09. The Bertz CT molecular complexity index is 811. The van der Waals surface area contributed by atoms with Crippen LogP contribution in [0.4, 0.5) is 5.82 Å². The van der Waals surface area contributed by atoms with Gasteiger partial charge in [-0.05, 0) is 45.4 Å². The number of hydrogen-bond donors (Lipinski definition) is 2. The summed E-state index contributed by atoms with van der Waals surface area (Å²) in [5, 5.41) is 0. The fourth-order valence-electron chi connectivity index (χ4n) is 3.53. The number of imidazole rings is 1. The van der Waals surface area contributed by atoms with E-state index < -0.39 is 0 Å². The van der Waals surface area contributed by atoms with Gasteiger partial charge in [-0.15, -0.1) is 0 Å². The molecule has 144 valence electrons. The van der Waals surface area contributed by atoms with Crippen LogP contribution in [0.2, 0.25) is 0 Å². The molecule has 1 atom stereocenters. The zero-order valence-electron chi connectivity index (χ0n) is 15.9. The lowest BCUT2D eigenvalue weighted by Crippen LogP contribution is -2.34. The molecule has 3 N–H and O–H groups in total. The van der Waals surface area contributed by atoms with Gasteiger partial charge in [0, 0.05) is 13.2 Å². The largest absolute Gasteiger partial charge is 0.463 e. The molecule has 0 radical (unpaired) electrons. The molecule has 1 fully saturated rings. The van der Waals surface area contributed by atoms with Crippen LogP contribution in [-0.4, -0.2) is 38.3 Å². The van der Waals surface area contributed by atoms with Crippen molar-refractivity contribution in [2.75, 3.05) is 18.9 Å². The number of unbranched alkanes of at least 4 members (excludes halogenated alkanes) is 1. The van der Waals surface area contributed by atoms with Crippen molar-refractivity contribution in [2.45, 2.75) is 65.0 Å². The van der Waals surface area contributed by atoms with E-state index in [0.717, 1.165) is 38.7 Å². The molecule has 1 aliphatic rings. The van der Waals surface area contributed by atoms with Crippen molar-refractivity contribution < 1.29 is 9.47 Å². The van der Waals surface area contributed by atoms with E-state index in [1.54, 1.807) is 4.57 Å². The number of nitrogens with zero attached hydrogens (tertiary/aromatic N) is 3. The maximum absolute atomic E-state index is 12.4. The number of nitrogens with two attached hydrogens (primary N) is 1. The fourth-order valence-corrected chi connectivity index (χ4v) is 3.53. The van der Waals surface area contributed by atoms with Crippen LogP contribution in [0, 0.1) is 5.92 Å². The summed E-state index contributed by atoms with van der Waals surface area (Å²) in [6.07, 6.45) is 4.85. The quantitative estimate of drug-likeness (QED) is 0.732. The van der Waals surface area contributed by atoms with E-state index in [2.05, 4.69) is 35.7 Å². The minimum Gasteiger partial charge on any atom is -0.463 e. The summed E-state index contributed by atoms with van der Waals surface area (Å²) in [5.41, 5.74) is 6.67. The highest BCUT2D eigenvalue weighted by Gasteiger charge is 2.28. The molecule has 0 spiro atoms. The molecule has 2 aromatic rings. The van der Waals surface area contributed by atoms with E-state index in [1.165, 1.54) is 0 Å². The zero-order valence-corrected chi connectivity index (χ0v) is 15.9. The van der Waals surface area contributed by atoms with E-state index in [-0.39, 0.29) is 23.1 Å². The summed E-state index contributed by atoms with van der Waals surface area (Å²) in [6.45, 7) is 8.21. The molecule has 1 saturated heterocycles. The Morgan fingerprint density at radius 3 is 2.96 bits per heavy atom. The number of hydrogen-bond acceptors (Lipinski definition) is 6. The van der Waals surface area contributed by atoms with E-state index >= 15 is 0 Å². The van der Waals surface area contributed by atoms with Gasteiger partial charge in [-0.25, -0.2) is 4.79 Å². The van der Waals surface area contributed by atoms with E-state index in [0.29, 0.717) is 30.2 Å². The summed E-state index contributed by atoms with van der Waals surface area (Å²) in [6, 6.07) is 0.225. The Kier molecular flexibility index (Phi) is 5.50. The van der Waals surface area contributed by atoms with Crippen LogP contribution >= 0.6 is 0 Å². The van der Waals surface area contributed by atoms with Crippen LogP contribution in [0.5, 0.6) is 6.01 Å². The molecule has 1 unspecified atom stereocenters. The molecule has 8 nitrogen and oxygen atoms in total. The third-order valence-electron chi connectivity index (χ3n) is 4.92. The molecule has 26 heavy (non-hydrogen) atoms. The summed E-state index contributed by atoms with van der Waals surface area (Å²) in [5.74, 6) is 0.764. The van der Waals surface area contributed by atoms with Crippen LogP contribution in [0.3, 0.4) is 0 Å². The van der Waals surface area contributed by atoms with Crippen molar-refractivity contribution >= 4 is 17.0 Å². The van der Waals surface area contributed by atoms with Gasteiger partial charge in [-0.3, -0.25) is 4.57 Å². The molecular weight excluding hydrogens is 334 g/mol. The molecule has 3 rings (SSSR count). The Labute approximate surface area is 153 Å². The first kappa shape index (κ1) is 18.7. The van der Waals surface area contributed by atoms with Crippen LogP contribution in [-0.2, 0) is 11.3 Å². The predicted octanol–water partition coefficient (Wildman–Crippen LogP) is 2.48. The molecule has 0 bridgehead atoms. The number of anilines is 1. The minimum atomic E-state index is -0.210. The average molecular weight is 363 g/mol. The number of nitrogens with one attached hydrogen (secondary N) is 1. The molecule has 0 amide bonds. The number of aromatic nitrogens is 4. The van der Waals surface area contributed by atoms with Crippen LogP contribution in [0.25, 0.3) is 11.2 Å². The number of rotatable bonds is 7. The van der Waals surface area contributed by atoms with Gasteiger partial charge in [-0.1, -0.05) is 13.3 Å². The second kappa shape index (κ2) is 7.65. The number of aryl methyl sites for hydroxylation is 1. The Balaban J connectivity index is 1.78. The zero-order chi connectivity index (χ0) is 18.7. The second-order valence-electron chi connectivity index (χ2n) is 7.63. The van der Waals surface area contributed by atoms with Crippen molar-refractivity contribution in [3.63, 3.8) is 0 Å². The van der Waals surface area contributed by atoms with Gasteiger partial charge in [0.05, 0.1) is 12.2 Å². The highest BCUT2D eigenvalue weighted by Crippen LogP contribution is 2.31. The van der Waals surface area contributed by atoms with Gasteiger partial charge >= 0.3 is 11.7 Å². The monoisotopic (exact) mass is 363 g/mol. The maximum Gasteiger partial charge on any atom is 0.327 e. The fraction of sp³-hybridized carbons (Fsp3) is 0.722. The summed E-state index contributed by atoms with van der Waals surface area (Å²) in [4.78, 5) is 23.7. The summed E-state index contributed by atoms with van der Waals surface area (Å²) >= 11 is 0. The highest BCUT2D eigenvalue weighted by atomic mass is 16.5. The van der Waals surface area contributed by atoms with Gasteiger partial charge in [0.25, 0.3) is 0 Å². The SMILES string of the molecule is CCCCOc1nc(N)c2[nH]c(=O)n(CCC3CCOC(C)(C)C3)c2n1. The molecule has 8 heteroatoms. The van der Waals surface area contributed by atoms with Crippen molar-refractivity contribution in [3.05, 3.63) is 10.5 Å². The predicted molar refractivity (Wildman–Crippen MR) is 100 cm³/mol. The Morgan fingerprint density at radius 1 is 1.42 bits per heavy atom. The van der Waals surface area contributed by atoms with Crippen LogP contribution < -0.4 is 16.2 Å². The van der Waals surface area contributed by atoms with Crippen molar-refractivity contribution in [1.82, 2.24) is 19.5 Å². The Morgan fingerprint density at radius 2 is 2.23 bits per heavy atom. The smallest absolute Gasteiger partial charge is 0.327 e. The molecule has 2 aromatic heterocycles.